The number of esters is 2. The van der Waals surface area contributed by atoms with Gasteiger partial charge in [-0.2, -0.15) is 26.3 Å². The van der Waals surface area contributed by atoms with Crippen LogP contribution in [0.4, 0.5) is 37.7 Å². The van der Waals surface area contributed by atoms with Gasteiger partial charge >= 0.3 is 24.3 Å². The monoisotopic (exact) mass is 982 g/mol. The maximum Gasteiger partial charge on any atom is 0.422 e. The first-order chi connectivity index (χ1) is 33.6. The van der Waals surface area contributed by atoms with Crippen molar-refractivity contribution < 1.29 is 74.7 Å². The summed E-state index contributed by atoms with van der Waals surface area (Å²) in [7, 11) is 0. The zero-order valence-corrected chi connectivity index (χ0v) is 37.2. The Morgan fingerprint density at radius 3 is 1.08 bits per heavy atom. The van der Waals surface area contributed by atoms with Crippen molar-refractivity contribution in [1.82, 2.24) is 0 Å². The van der Waals surface area contributed by atoms with Gasteiger partial charge in [0.25, 0.3) is 0 Å². The lowest BCUT2D eigenvalue weighted by Crippen LogP contribution is -2.54. The first-order valence-corrected chi connectivity index (χ1v) is 21.4. The molecule has 0 amide bonds. The first kappa shape index (κ1) is 52.2. The molecule has 368 valence electrons. The smallest absolute Gasteiger partial charge is 0.422 e. The molecule has 6 rings (SSSR count). The SMILES string of the molecule is Nc1ccc(CC(Cc2ccc(N)cc2)(C(O)C(=O)/C=C/c2ccc(C(=O)Oc3ccc(OCC(F)(F)F)cc3)cc2)C(O)C(=O)/C=C/c2ccc(C(=O)Oc3ccc(OCC(F)(F)F)cc3)cc2)cc1. The molecule has 0 saturated heterocycles. The van der Waals surface area contributed by atoms with Gasteiger partial charge in [0.1, 0.15) is 35.2 Å². The topological polar surface area (TPSA) is 198 Å². The van der Waals surface area contributed by atoms with Gasteiger partial charge in [-0.15, -0.1) is 0 Å². The molecular weight excluding hydrogens is 939 g/mol. The predicted octanol–water partition coefficient (Wildman–Crippen LogP) is 9.23. The van der Waals surface area contributed by atoms with E-state index in [4.69, 9.17) is 20.9 Å². The summed E-state index contributed by atoms with van der Waals surface area (Å²) in [6, 6.07) is 34.3. The number of hydrogen-bond acceptors (Lipinski definition) is 12. The second-order valence-electron chi connectivity index (χ2n) is 16.1. The van der Waals surface area contributed by atoms with Crippen LogP contribution in [-0.4, -0.2) is 71.5 Å². The van der Waals surface area contributed by atoms with Crippen molar-refractivity contribution in [2.75, 3.05) is 24.7 Å². The summed E-state index contributed by atoms with van der Waals surface area (Å²) in [5.74, 6) is -3.43. The lowest BCUT2D eigenvalue weighted by atomic mass is 9.66. The lowest BCUT2D eigenvalue weighted by molar-refractivity contribution is -0.154. The Balaban J connectivity index is 1.19. The van der Waals surface area contributed by atoms with Crippen molar-refractivity contribution in [2.45, 2.75) is 37.4 Å². The van der Waals surface area contributed by atoms with Gasteiger partial charge in [0.15, 0.2) is 24.8 Å². The Kier molecular flexibility index (Phi) is 16.8. The highest BCUT2D eigenvalue weighted by atomic mass is 19.4. The van der Waals surface area contributed by atoms with Crippen LogP contribution in [0.5, 0.6) is 23.0 Å². The van der Waals surface area contributed by atoms with Crippen LogP contribution in [0.1, 0.15) is 43.0 Å². The Labute approximate surface area is 402 Å². The molecular formula is C53H44F6N2O10. The van der Waals surface area contributed by atoms with Crippen LogP contribution < -0.4 is 30.4 Å². The zero-order chi connectivity index (χ0) is 51.3. The van der Waals surface area contributed by atoms with Crippen LogP contribution in [0.25, 0.3) is 12.2 Å². The summed E-state index contributed by atoms with van der Waals surface area (Å²) >= 11 is 0. The number of carbonyl (C=O) groups excluding carboxylic acids is 4. The minimum absolute atomic E-state index is 0.0401. The third-order valence-corrected chi connectivity index (χ3v) is 10.7. The standard InChI is InChI=1S/C53H44F6N2O10/c54-52(55,56)31-68-41-19-23-43(24-20-41)70-49(66)37-11-1-33(2-12-37)9-27-45(62)47(64)51(29-35-5-15-39(60)16-6-35,30-36-7-17-40(61)18-8-36)48(65)46(63)28-10-34-3-13-38(14-4-34)50(67)71-44-25-21-42(22-26-44)69-32-53(57,58)59/h1-28,47-48,64-65H,29-32,60-61H2/b27-9+,28-10+. The number of aliphatic hydroxyl groups excluding tert-OH is 2. The number of nitrogens with two attached hydrogens (primary N) is 2. The minimum atomic E-state index is -4.53. The normalized spacial score (nSPS) is 12.8. The van der Waals surface area contributed by atoms with Gasteiger partial charge < -0.3 is 40.6 Å². The van der Waals surface area contributed by atoms with Crippen LogP contribution in [-0.2, 0) is 22.4 Å². The minimum Gasteiger partial charge on any atom is -0.484 e. The molecule has 6 aromatic carbocycles. The number of halogens is 6. The Morgan fingerprint density at radius 1 is 0.465 bits per heavy atom. The van der Waals surface area contributed by atoms with E-state index in [1.807, 2.05) is 0 Å². The number of anilines is 2. The molecule has 2 unspecified atom stereocenters. The fourth-order valence-electron chi connectivity index (χ4n) is 7.07. The molecule has 0 heterocycles. The molecule has 0 radical (unpaired) electrons. The van der Waals surface area contributed by atoms with Crippen molar-refractivity contribution in [3.05, 3.63) is 191 Å². The molecule has 18 heteroatoms. The van der Waals surface area contributed by atoms with E-state index in [1.165, 1.54) is 109 Å². The number of hydrogen-bond donors (Lipinski definition) is 4. The number of ether oxygens (including phenoxy) is 4. The van der Waals surface area contributed by atoms with Gasteiger partial charge in [-0.05, 0) is 144 Å². The molecule has 0 bridgehead atoms. The molecule has 0 fully saturated rings. The highest BCUT2D eigenvalue weighted by molar-refractivity contribution is 6.01. The van der Waals surface area contributed by atoms with Crippen molar-refractivity contribution in [2.24, 2.45) is 5.41 Å². The van der Waals surface area contributed by atoms with Crippen LogP contribution in [0.15, 0.2) is 158 Å². The number of aliphatic hydroxyl groups is 2. The van der Waals surface area contributed by atoms with Crippen molar-refractivity contribution in [3.8, 4) is 23.0 Å². The summed E-state index contributed by atoms with van der Waals surface area (Å²) in [5.41, 5.74) is 12.8. The van der Waals surface area contributed by atoms with Gasteiger partial charge in [0.05, 0.1) is 11.1 Å². The van der Waals surface area contributed by atoms with Crippen molar-refractivity contribution >= 4 is 47.0 Å². The van der Waals surface area contributed by atoms with E-state index in [9.17, 15) is 55.7 Å². The third kappa shape index (κ3) is 15.4. The summed E-state index contributed by atoms with van der Waals surface area (Å²) in [6.45, 7) is -2.98. The highest BCUT2D eigenvalue weighted by Crippen LogP contribution is 2.38. The van der Waals surface area contributed by atoms with Crippen LogP contribution in [0, 0.1) is 5.41 Å². The molecule has 0 spiro atoms. The fraction of sp³-hybridized carbons (Fsp3) is 0.170. The average Bonchev–Trinajstić information content (AvgIpc) is 3.35. The molecule has 0 aliphatic rings. The predicted molar refractivity (Wildman–Crippen MR) is 250 cm³/mol. The summed E-state index contributed by atoms with van der Waals surface area (Å²) in [4.78, 5) is 53.8. The summed E-state index contributed by atoms with van der Waals surface area (Å²) < 4.78 is 94.9. The Bertz CT molecular complexity index is 2630. The highest BCUT2D eigenvalue weighted by Gasteiger charge is 2.49. The second kappa shape index (κ2) is 22.9. The lowest BCUT2D eigenvalue weighted by Gasteiger charge is -2.40. The number of ketones is 2. The van der Waals surface area contributed by atoms with Crippen molar-refractivity contribution in [3.63, 3.8) is 0 Å². The van der Waals surface area contributed by atoms with E-state index in [-0.39, 0.29) is 47.0 Å². The summed E-state index contributed by atoms with van der Waals surface area (Å²) in [5, 5.41) is 24.3. The molecule has 0 aromatic heterocycles. The maximum atomic E-state index is 14.1. The van der Waals surface area contributed by atoms with Crippen LogP contribution in [0.2, 0.25) is 0 Å². The number of rotatable bonds is 20. The Hall–Kier alpha value is -8.22. The van der Waals surface area contributed by atoms with Gasteiger partial charge in [0.2, 0.25) is 0 Å². The van der Waals surface area contributed by atoms with E-state index >= 15 is 0 Å². The molecule has 0 saturated carbocycles. The fourth-order valence-corrected chi connectivity index (χ4v) is 7.07. The molecule has 0 aliphatic heterocycles. The second-order valence-corrected chi connectivity index (χ2v) is 16.1. The number of carbonyl (C=O) groups is 4. The first-order valence-electron chi connectivity index (χ1n) is 21.4. The van der Waals surface area contributed by atoms with Crippen LogP contribution in [0.3, 0.4) is 0 Å². The Morgan fingerprint density at radius 2 is 0.775 bits per heavy atom. The number of nitrogen functional groups attached to an aromatic ring is 2. The van der Waals surface area contributed by atoms with Gasteiger partial charge in [-0.3, -0.25) is 9.59 Å². The molecule has 2 atom stereocenters. The average molecular weight is 983 g/mol. The molecule has 6 N–H and O–H groups in total. The summed E-state index contributed by atoms with van der Waals surface area (Å²) in [6.07, 6.45) is -8.65. The molecule has 12 nitrogen and oxygen atoms in total. The third-order valence-electron chi connectivity index (χ3n) is 10.7. The van der Waals surface area contributed by atoms with E-state index in [0.29, 0.717) is 33.6 Å². The maximum absolute atomic E-state index is 14.1. The zero-order valence-electron chi connectivity index (χ0n) is 37.2. The largest absolute Gasteiger partial charge is 0.484 e. The van der Waals surface area contributed by atoms with Crippen molar-refractivity contribution in [1.29, 1.82) is 0 Å². The van der Waals surface area contributed by atoms with E-state index < -0.39 is 66.7 Å². The molecule has 0 aliphatic carbocycles. The molecule has 6 aromatic rings. The van der Waals surface area contributed by atoms with E-state index in [2.05, 4.69) is 9.47 Å². The van der Waals surface area contributed by atoms with Gasteiger partial charge in [-0.1, -0.05) is 60.7 Å². The number of benzene rings is 6. The quantitative estimate of drug-likeness (QED) is 0.0186. The van der Waals surface area contributed by atoms with E-state index in [1.54, 1.807) is 48.5 Å². The molecule has 71 heavy (non-hydrogen) atoms. The van der Waals surface area contributed by atoms with Gasteiger partial charge in [-0.25, -0.2) is 9.59 Å². The van der Waals surface area contributed by atoms with Gasteiger partial charge in [0, 0.05) is 16.8 Å². The van der Waals surface area contributed by atoms with E-state index in [0.717, 1.165) is 12.2 Å². The van der Waals surface area contributed by atoms with Crippen LogP contribution >= 0.6 is 0 Å². The number of alkyl halides is 6.